The van der Waals surface area contributed by atoms with Crippen molar-refractivity contribution in [1.29, 1.82) is 0 Å². The molecule has 1 atom stereocenters. The number of ketones is 1. The predicted molar refractivity (Wildman–Crippen MR) is 93.2 cm³/mol. The molecule has 0 aromatic heterocycles. The summed E-state index contributed by atoms with van der Waals surface area (Å²) in [5.41, 5.74) is 2.03. The molecule has 0 aliphatic rings. The van der Waals surface area contributed by atoms with Gasteiger partial charge >= 0.3 is 0 Å². The van der Waals surface area contributed by atoms with Crippen LogP contribution in [0.5, 0.6) is 11.5 Å². The van der Waals surface area contributed by atoms with E-state index in [4.69, 9.17) is 4.74 Å². The number of phenols is 1. The maximum atomic E-state index is 13.5. The lowest BCUT2D eigenvalue weighted by Gasteiger charge is -2.13. The Morgan fingerprint density at radius 2 is 1.96 bits per heavy atom. The zero-order chi connectivity index (χ0) is 17.1. The van der Waals surface area contributed by atoms with E-state index >= 15 is 0 Å². The third-order valence-electron chi connectivity index (χ3n) is 3.53. The van der Waals surface area contributed by atoms with Crippen LogP contribution in [-0.2, 0) is 0 Å². The Bertz CT molecular complexity index is 797. The summed E-state index contributed by atoms with van der Waals surface area (Å²) in [7, 11) is 3.75. The van der Waals surface area contributed by atoms with E-state index in [0.717, 1.165) is 5.56 Å². The van der Waals surface area contributed by atoms with Gasteiger partial charge in [0.25, 0.3) is 0 Å². The zero-order valence-corrected chi connectivity index (χ0v) is 14.3. The molecule has 2 rings (SSSR count). The summed E-state index contributed by atoms with van der Waals surface area (Å²) in [4.78, 5) is 12.5. The first-order chi connectivity index (χ1) is 10.8. The summed E-state index contributed by atoms with van der Waals surface area (Å²) >= 11 is 0. The molecule has 0 radical (unpaired) electrons. The Labute approximate surface area is 137 Å². The average Bonchev–Trinajstić information content (AvgIpc) is 2.51. The Morgan fingerprint density at radius 1 is 1.26 bits per heavy atom. The molecule has 23 heavy (non-hydrogen) atoms. The Kier molecular flexibility index (Phi) is 5.17. The zero-order valence-electron chi connectivity index (χ0n) is 13.2. The highest BCUT2D eigenvalue weighted by atomic mass is 31.0. The maximum Gasteiger partial charge on any atom is 0.193 e. The molecule has 0 saturated heterocycles. The highest BCUT2D eigenvalue weighted by molar-refractivity contribution is 7.27. The van der Waals surface area contributed by atoms with Crippen molar-refractivity contribution in [3.8, 4) is 11.5 Å². The van der Waals surface area contributed by atoms with Gasteiger partial charge in [-0.1, -0.05) is 18.2 Å². The molecule has 2 aromatic carbocycles. The van der Waals surface area contributed by atoms with Crippen molar-refractivity contribution < 1.29 is 19.0 Å². The number of hydrogen-bond donors (Lipinski definition) is 1. The number of rotatable bonds is 4. The third-order valence-corrected chi connectivity index (χ3v) is 4.00. The van der Waals surface area contributed by atoms with Crippen LogP contribution in [0.15, 0.2) is 30.3 Å². The largest absolute Gasteiger partial charge is 0.507 e. The van der Waals surface area contributed by atoms with Gasteiger partial charge in [-0.2, -0.15) is 0 Å². The van der Waals surface area contributed by atoms with Crippen molar-refractivity contribution in [1.82, 2.24) is 0 Å². The van der Waals surface area contributed by atoms with E-state index in [-0.39, 0.29) is 17.1 Å². The molecule has 0 amide bonds. The first kappa shape index (κ1) is 17.2. The molecule has 0 bridgehead atoms. The molecule has 0 saturated carbocycles. The number of ether oxygens (including phenoxy) is 1. The maximum absolute atomic E-state index is 13.5. The van der Waals surface area contributed by atoms with Crippen LogP contribution in [0.3, 0.4) is 0 Å². The van der Waals surface area contributed by atoms with Gasteiger partial charge in [0.2, 0.25) is 0 Å². The Morgan fingerprint density at radius 3 is 2.57 bits per heavy atom. The van der Waals surface area contributed by atoms with Crippen molar-refractivity contribution in [2.24, 2.45) is 0 Å². The van der Waals surface area contributed by atoms with Crippen LogP contribution in [0.25, 0.3) is 6.08 Å². The van der Waals surface area contributed by atoms with Crippen LogP contribution >= 0.6 is 9.24 Å². The fourth-order valence-corrected chi connectivity index (χ4v) is 2.53. The highest BCUT2D eigenvalue weighted by Crippen LogP contribution is 2.34. The van der Waals surface area contributed by atoms with Crippen LogP contribution < -0.4 is 10.0 Å². The molecule has 3 nitrogen and oxygen atoms in total. The van der Waals surface area contributed by atoms with Gasteiger partial charge in [0, 0.05) is 5.30 Å². The number of carbonyl (C=O) groups excluding carboxylic acids is 1. The lowest BCUT2D eigenvalue weighted by Crippen LogP contribution is -2.03. The van der Waals surface area contributed by atoms with Gasteiger partial charge in [-0.25, -0.2) is 4.39 Å². The highest BCUT2D eigenvalue weighted by Gasteiger charge is 2.19. The first-order valence-electron chi connectivity index (χ1n) is 6.99. The number of phenolic OH excluding ortho intramolecular Hbond substituents is 1. The van der Waals surface area contributed by atoms with Crippen molar-refractivity contribution in [2.45, 2.75) is 13.8 Å². The molecule has 5 heteroatoms. The van der Waals surface area contributed by atoms with Crippen molar-refractivity contribution >= 4 is 26.4 Å². The van der Waals surface area contributed by atoms with Crippen molar-refractivity contribution in [2.75, 3.05) is 7.11 Å². The summed E-state index contributed by atoms with van der Waals surface area (Å²) in [5.74, 6) is -0.527. The molecule has 0 fully saturated rings. The number of hydrogen-bond acceptors (Lipinski definition) is 3. The van der Waals surface area contributed by atoms with Gasteiger partial charge in [0.1, 0.15) is 22.9 Å². The Hall–Kier alpha value is -2.19. The number of halogens is 1. The van der Waals surface area contributed by atoms with Crippen LogP contribution in [-0.4, -0.2) is 18.0 Å². The molecule has 2 aromatic rings. The molecule has 1 unspecified atom stereocenters. The number of methoxy groups -OCH3 is 1. The molecule has 1 N–H and O–H groups in total. The van der Waals surface area contributed by atoms with Crippen LogP contribution in [0.2, 0.25) is 0 Å². The van der Waals surface area contributed by atoms with E-state index < -0.39 is 5.78 Å². The van der Waals surface area contributed by atoms with Crippen LogP contribution in [0.1, 0.15) is 27.0 Å². The summed E-state index contributed by atoms with van der Waals surface area (Å²) in [6.45, 7) is 3.52. The minimum atomic E-state index is -0.401. The van der Waals surface area contributed by atoms with Gasteiger partial charge in [0.05, 0.1) is 7.11 Å². The van der Waals surface area contributed by atoms with Crippen molar-refractivity contribution in [3.05, 3.63) is 58.4 Å². The molecule has 0 aliphatic heterocycles. The molecule has 0 spiro atoms. The summed E-state index contributed by atoms with van der Waals surface area (Å²) in [5, 5.41) is 10.6. The van der Waals surface area contributed by atoms with E-state index in [1.807, 2.05) is 0 Å². The molecular formula is C18H18FO3P. The standard InChI is InChI=1S/C18H18FO3P/c1-10-8-11(2)18(22-3)16(17(10)21)14(20)6-4-12-5-7-15(23)13(19)9-12/h4-9,21H,23H2,1-3H3/b6-4+. The molecule has 0 heterocycles. The second-order valence-corrected chi connectivity index (χ2v) is 5.87. The minimum Gasteiger partial charge on any atom is -0.507 e. The third kappa shape index (κ3) is 3.59. The lowest BCUT2D eigenvalue weighted by molar-refractivity contribution is 0.104. The van der Waals surface area contributed by atoms with E-state index in [9.17, 15) is 14.3 Å². The molecule has 120 valence electrons. The van der Waals surface area contributed by atoms with E-state index in [0.29, 0.717) is 22.2 Å². The lowest BCUT2D eigenvalue weighted by atomic mass is 10.00. The second kappa shape index (κ2) is 6.93. The minimum absolute atomic E-state index is 0.103. The predicted octanol–water partition coefficient (Wildman–Crippen LogP) is 3.55. The Balaban J connectivity index is 2.41. The number of allylic oxidation sites excluding steroid dienone is 1. The van der Waals surface area contributed by atoms with Gasteiger partial charge in [-0.15, -0.1) is 9.24 Å². The summed E-state index contributed by atoms with van der Waals surface area (Å²) in [6, 6.07) is 6.40. The number of aryl methyl sites for hydroxylation is 2. The fraction of sp³-hybridized carbons (Fsp3) is 0.167. The second-order valence-electron chi connectivity index (χ2n) is 5.25. The molecular weight excluding hydrogens is 314 g/mol. The van der Waals surface area contributed by atoms with E-state index in [1.54, 1.807) is 32.0 Å². The summed E-state index contributed by atoms with van der Waals surface area (Å²) in [6.07, 6.45) is 2.81. The topological polar surface area (TPSA) is 46.5 Å². The number of benzene rings is 2. The monoisotopic (exact) mass is 332 g/mol. The fourth-order valence-electron chi connectivity index (χ4n) is 2.35. The van der Waals surface area contributed by atoms with Gasteiger partial charge < -0.3 is 9.84 Å². The van der Waals surface area contributed by atoms with Gasteiger partial charge in [-0.05, 0) is 48.7 Å². The summed E-state index contributed by atoms with van der Waals surface area (Å²) < 4.78 is 18.8. The number of aromatic hydroxyl groups is 1. The van der Waals surface area contributed by atoms with Gasteiger partial charge in [0.15, 0.2) is 5.78 Å². The van der Waals surface area contributed by atoms with Crippen molar-refractivity contribution in [3.63, 3.8) is 0 Å². The first-order valence-corrected chi connectivity index (χ1v) is 7.57. The van der Waals surface area contributed by atoms with E-state index in [1.165, 1.54) is 25.3 Å². The quantitative estimate of drug-likeness (QED) is 0.529. The average molecular weight is 332 g/mol. The van der Waals surface area contributed by atoms with Crippen LogP contribution in [0, 0.1) is 19.7 Å². The smallest absolute Gasteiger partial charge is 0.193 e. The number of carbonyl (C=O) groups is 1. The van der Waals surface area contributed by atoms with Gasteiger partial charge in [-0.3, -0.25) is 4.79 Å². The molecule has 0 aliphatic carbocycles. The SMILES string of the molecule is COc1c(C)cc(C)c(O)c1C(=O)/C=C/c1ccc(P)c(F)c1. The van der Waals surface area contributed by atoms with Crippen LogP contribution in [0.4, 0.5) is 4.39 Å². The normalized spacial score (nSPS) is 11.0. The van der Waals surface area contributed by atoms with E-state index in [2.05, 4.69) is 9.24 Å².